The molecular formula is C32H26F2N2O3S. The number of ketones is 1. The normalized spacial score (nSPS) is 21.9. The van der Waals surface area contributed by atoms with Gasteiger partial charge in [0.25, 0.3) is 0 Å². The van der Waals surface area contributed by atoms with Gasteiger partial charge >= 0.3 is 0 Å². The van der Waals surface area contributed by atoms with E-state index < -0.39 is 28.6 Å². The number of hydrogen-bond donors (Lipinski definition) is 2. The summed E-state index contributed by atoms with van der Waals surface area (Å²) in [4.78, 5) is 18.2. The Balaban J connectivity index is 1.64. The van der Waals surface area contributed by atoms with Crippen molar-refractivity contribution < 1.29 is 22.3 Å². The van der Waals surface area contributed by atoms with Crippen LogP contribution in [-0.4, -0.2) is 26.5 Å². The number of nitrogens with zero attached hydrogens (tertiary/aromatic N) is 1. The van der Waals surface area contributed by atoms with Crippen molar-refractivity contribution in [2.24, 2.45) is 4.99 Å². The molecule has 0 bridgehead atoms. The van der Waals surface area contributed by atoms with Gasteiger partial charge in [0.2, 0.25) is 0 Å². The van der Waals surface area contributed by atoms with Crippen molar-refractivity contribution in [1.29, 1.82) is 0 Å². The van der Waals surface area contributed by atoms with Gasteiger partial charge in [0.15, 0.2) is 16.9 Å². The standard InChI is InChI=1S/C32H26F2N2O3S/c1-18-3-4-19(11-14-40(38)39)21-7-10-25-31-24(22-6-5-20(33)15-27(22)34)9-8-23(28-17-35-12-2-13-36-28)26(31)16-29(37)32(25)30(18)21/h2-8,10,12-13,15-18,24,36H,9,11,14H2,1H3,(H,38,39). The largest absolute Gasteiger partial charge is 0.360 e. The molecule has 2 aromatic carbocycles. The van der Waals surface area contributed by atoms with Crippen LogP contribution in [0.3, 0.4) is 0 Å². The Hall–Kier alpha value is -4.01. The first-order valence-corrected chi connectivity index (χ1v) is 14.3. The summed E-state index contributed by atoms with van der Waals surface area (Å²) in [7, 11) is 0. The number of halogens is 2. The predicted octanol–water partition coefficient (Wildman–Crippen LogP) is 4.82. The summed E-state index contributed by atoms with van der Waals surface area (Å²) < 4.78 is 49.8. The average Bonchev–Trinajstić information content (AvgIpc) is 3.21. The highest BCUT2D eigenvalue weighted by Crippen LogP contribution is 2.45. The maximum absolute atomic E-state index is 15.2. The molecule has 40 heavy (non-hydrogen) atoms. The van der Waals surface area contributed by atoms with E-state index in [9.17, 15) is 17.9 Å². The molecule has 3 atom stereocenters. The van der Waals surface area contributed by atoms with Gasteiger partial charge in [0.05, 0.1) is 17.6 Å². The first-order valence-electron chi connectivity index (χ1n) is 13.1. The number of carbonyl (C=O) groups excluding carboxylic acids is 1. The van der Waals surface area contributed by atoms with Gasteiger partial charge in [-0.15, -0.1) is 0 Å². The molecule has 1 heterocycles. The molecular weight excluding hydrogens is 530 g/mol. The smallest absolute Gasteiger partial charge is 0.187 e. The minimum atomic E-state index is -1.93. The van der Waals surface area contributed by atoms with Crippen molar-refractivity contribution in [1.82, 2.24) is 5.32 Å². The molecule has 6 rings (SSSR count). The molecule has 8 heteroatoms. The second-order valence-corrected chi connectivity index (χ2v) is 11.2. The lowest BCUT2D eigenvalue weighted by Gasteiger charge is -2.33. The van der Waals surface area contributed by atoms with E-state index in [0.717, 1.165) is 38.8 Å². The van der Waals surface area contributed by atoms with Gasteiger partial charge in [-0.2, -0.15) is 0 Å². The molecule has 1 aliphatic heterocycles. The first-order chi connectivity index (χ1) is 19.3. The molecule has 3 unspecified atom stereocenters. The van der Waals surface area contributed by atoms with Crippen LogP contribution in [0.25, 0.3) is 11.1 Å². The molecule has 0 aromatic heterocycles. The Bertz CT molecular complexity index is 1800. The third kappa shape index (κ3) is 4.57. The molecule has 0 amide bonds. The fourth-order valence-corrected chi connectivity index (χ4v) is 6.46. The first kappa shape index (κ1) is 26.2. The minimum Gasteiger partial charge on any atom is -0.360 e. The van der Waals surface area contributed by atoms with E-state index in [1.54, 1.807) is 30.8 Å². The SMILES string of the molecule is CC1C=CC(CCS(=O)O)=c2ccc3c(c21)C(=O)C=C1C(C2=CN=CC=CN2)=CCC(c2ccc(F)cc2F)C=31. The van der Waals surface area contributed by atoms with Crippen molar-refractivity contribution >= 4 is 34.2 Å². The summed E-state index contributed by atoms with van der Waals surface area (Å²) in [6.07, 6.45) is 15.3. The number of hydrogen-bond acceptors (Lipinski definition) is 4. The van der Waals surface area contributed by atoms with E-state index in [0.29, 0.717) is 35.2 Å². The third-order valence-corrected chi connectivity index (χ3v) is 8.37. The summed E-state index contributed by atoms with van der Waals surface area (Å²) in [5, 5.41) is 4.83. The summed E-state index contributed by atoms with van der Waals surface area (Å²) in [5.74, 6) is -1.85. The molecule has 0 fully saturated rings. The third-order valence-electron chi connectivity index (χ3n) is 7.82. The summed E-state index contributed by atoms with van der Waals surface area (Å²) >= 11 is -1.93. The molecule has 202 valence electrons. The maximum Gasteiger partial charge on any atom is 0.187 e. The van der Waals surface area contributed by atoms with Crippen LogP contribution in [0.2, 0.25) is 0 Å². The van der Waals surface area contributed by atoms with Gasteiger partial charge in [0.1, 0.15) is 11.6 Å². The zero-order valence-electron chi connectivity index (χ0n) is 21.7. The van der Waals surface area contributed by atoms with Gasteiger partial charge < -0.3 is 9.87 Å². The Morgan fingerprint density at radius 2 is 1.98 bits per heavy atom. The highest BCUT2D eigenvalue weighted by molar-refractivity contribution is 7.79. The van der Waals surface area contributed by atoms with Crippen molar-refractivity contribution in [2.45, 2.75) is 31.6 Å². The monoisotopic (exact) mass is 556 g/mol. The maximum atomic E-state index is 15.2. The van der Waals surface area contributed by atoms with Crippen LogP contribution in [0.1, 0.15) is 53.1 Å². The fraction of sp³-hybridized carbons (Fsp3) is 0.188. The lowest BCUT2D eigenvalue weighted by atomic mass is 9.71. The Morgan fingerprint density at radius 3 is 2.77 bits per heavy atom. The van der Waals surface area contributed by atoms with Crippen molar-refractivity contribution in [3.05, 3.63) is 129 Å². The molecule has 0 saturated heterocycles. The lowest BCUT2D eigenvalue weighted by molar-refractivity contribution is 0.104. The van der Waals surface area contributed by atoms with Crippen LogP contribution in [0.5, 0.6) is 0 Å². The summed E-state index contributed by atoms with van der Waals surface area (Å²) in [5.41, 5.74) is 5.67. The molecule has 2 aromatic rings. The van der Waals surface area contributed by atoms with E-state index in [4.69, 9.17) is 0 Å². The minimum absolute atomic E-state index is 0.0712. The lowest BCUT2D eigenvalue weighted by Crippen LogP contribution is -2.35. The quantitative estimate of drug-likeness (QED) is 0.518. The molecule has 0 spiro atoms. The van der Waals surface area contributed by atoms with Crippen molar-refractivity contribution in [2.75, 3.05) is 5.75 Å². The van der Waals surface area contributed by atoms with Crippen molar-refractivity contribution in [3.63, 3.8) is 0 Å². The molecule has 5 nitrogen and oxygen atoms in total. The van der Waals surface area contributed by atoms with E-state index in [2.05, 4.69) is 10.3 Å². The second-order valence-electron chi connectivity index (χ2n) is 10.2. The van der Waals surface area contributed by atoms with Gasteiger partial charge in [-0.25, -0.2) is 13.0 Å². The highest BCUT2D eigenvalue weighted by atomic mass is 32.2. The predicted molar refractivity (Wildman–Crippen MR) is 153 cm³/mol. The number of aliphatic imine (C=N–C) groups is 1. The van der Waals surface area contributed by atoms with Crippen LogP contribution in [0.15, 0.2) is 94.9 Å². The van der Waals surface area contributed by atoms with Gasteiger partial charge in [0, 0.05) is 41.5 Å². The number of allylic oxidation sites excluding steroid dienone is 6. The van der Waals surface area contributed by atoms with Gasteiger partial charge in [-0.1, -0.05) is 43.4 Å². The molecule has 3 aliphatic carbocycles. The molecule has 0 radical (unpaired) electrons. The number of carbonyl (C=O) groups is 1. The summed E-state index contributed by atoms with van der Waals surface area (Å²) in [6, 6.07) is 7.50. The van der Waals surface area contributed by atoms with E-state index in [-0.39, 0.29) is 17.5 Å². The zero-order valence-corrected chi connectivity index (χ0v) is 22.5. The van der Waals surface area contributed by atoms with Crippen LogP contribution in [0, 0.1) is 11.6 Å². The number of nitrogens with one attached hydrogen (secondary N) is 1. The highest BCUT2D eigenvalue weighted by Gasteiger charge is 2.35. The molecule has 4 aliphatic rings. The second kappa shape index (κ2) is 10.5. The number of benzene rings is 2. The Kier molecular flexibility index (Phi) is 6.90. The van der Waals surface area contributed by atoms with E-state index >= 15 is 4.39 Å². The average molecular weight is 557 g/mol. The Labute approximate surface area is 232 Å². The van der Waals surface area contributed by atoms with Crippen molar-refractivity contribution in [3.8, 4) is 0 Å². The van der Waals surface area contributed by atoms with E-state index in [1.165, 1.54) is 12.1 Å². The molecule has 2 N–H and O–H groups in total. The van der Waals surface area contributed by atoms with Crippen LogP contribution < -0.4 is 15.8 Å². The van der Waals surface area contributed by atoms with Crippen LogP contribution >= 0.6 is 0 Å². The fourth-order valence-electron chi connectivity index (χ4n) is 6.07. The summed E-state index contributed by atoms with van der Waals surface area (Å²) in [6.45, 7) is 2.02. The van der Waals surface area contributed by atoms with Gasteiger partial charge in [-0.05, 0) is 69.3 Å². The van der Waals surface area contributed by atoms with E-state index in [1.807, 2.05) is 37.3 Å². The van der Waals surface area contributed by atoms with Gasteiger partial charge in [-0.3, -0.25) is 9.79 Å². The zero-order chi connectivity index (χ0) is 28.0. The molecule has 0 saturated carbocycles. The topological polar surface area (TPSA) is 78.8 Å². The Morgan fingerprint density at radius 1 is 1.15 bits per heavy atom. The van der Waals surface area contributed by atoms with Crippen LogP contribution in [-0.2, 0) is 11.1 Å². The number of rotatable bonds is 5. The number of fused-ring (bicyclic) bond motifs is 4. The van der Waals surface area contributed by atoms with Crippen LogP contribution in [0.4, 0.5) is 8.78 Å².